The summed E-state index contributed by atoms with van der Waals surface area (Å²) in [6.07, 6.45) is 1.54. The molecular weight excluding hydrogens is 210 g/mol. The molecule has 74 valence electrons. The van der Waals surface area contributed by atoms with Crippen molar-refractivity contribution < 1.29 is 4.79 Å². The van der Waals surface area contributed by atoms with Gasteiger partial charge in [0.1, 0.15) is 4.88 Å². The minimum absolute atomic E-state index is 0. The SMILES string of the molecule is CC(C)c1ncc(C(=O)NN)s1.Cl. The van der Waals surface area contributed by atoms with Crippen LogP contribution in [-0.4, -0.2) is 10.9 Å². The Kier molecular flexibility index (Phi) is 4.90. The topological polar surface area (TPSA) is 68.0 Å². The average Bonchev–Trinajstić information content (AvgIpc) is 2.51. The largest absolute Gasteiger partial charge is 0.289 e. The highest BCUT2D eigenvalue weighted by molar-refractivity contribution is 7.13. The number of nitrogens with one attached hydrogen (secondary N) is 1. The Morgan fingerprint density at radius 3 is 2.69 bits per heavy atom. The molecule has 0 aliphatic rings. The van der Waals surface area contributed by atoms with Crippen molar-refractivity contribution in [3.8, 4) is 0 Å². The van der Waals surface area contributed by atoms with E-state index < -0.39 is 0 Å². The summed E-state index contributed by atoms with van der Waals surface area (Å²) in [6, 6.07) is 0. The second kappa shape index (κ2) is 5.16. The Morgan fingerprint density at radius 2 is 2.31 bits per heavy atom. The maximum Gasteiger partial charge on any atom is 0.276 e. The van der Waals surface area contributed by atoms with Crippen LogP contribution in [0, 0.1) is 0 Å². The van der Waals surface area contributed by atoms with E-state index in [1.165, 1.54) is 11.3 Å². The van der Waals surface area contributed by atoms with Crippen molar-refractivity contribution in [3.05, 3.63) is 16.1 Å². The summed E-state index contributed by atoms with van der Waals surface area (Å²) < 4.78 is 0. The van der Waals surface area contributed by atoms with E-state index in [9.17, 15) is 4.79 Å². The van der Waals surface area contributed by atoms with Gasteiger partial charge in [0.05, 0.1) is 11.2 Å². The number of hydrogen-bond acceptors (Lipinski definition) is 4. The number of nitrogens with two attached hydrogens (primary N) is 1. The lowest BCUT2D eigenvalue weighted by Crippen LogP contribution is -2.29. The Morgan fingerprint density at radius 1 is 1.69 bits per heavy atom. The van der Waals surface area contributed by atoms with Crippen molar-refractivity contribution in [1.29, 1.82) is 0 Å². The number of thiazole rings is 1. The predicted molar refractivity (Wildman–Crippen MR) is 55.1 cm³/mol. The summed E-state index contributed by atoms with van der Waals surface area (Å²) in [6.45, 7) is 4.06. The molecule has 0 saturated heterocycles. The van der Waals surface area contributed by atoms with Crippen LogP contribution in [0.3, 0.4) is 0 Å². The second-order valence-corrected chi connectivity index (χ2v) is 3.75. The first-order valence-electron chi connectivity index (χ1n) is 3.61. The molecule has 0 fully saturated rings. The fourth-order valence-electron chi connectivity index (χ4n) is 0.731. The number of halogens is 1. The van der Waals surface area contributed by atoms with E-state index >= 15 is 0 Å². The van der Waals surface area contributed by atoms with Crippen LogP contribution < -0.4 is 11.3 Å². The third-order valence-electron chi connectivity index (χ3n) is 1.37. The van der Waals surface area contributed by atoms with E-state index in [0.29, 0.717) is 10.8 Å². The molecule has 1 aromatic heterocycles. The molecule has 1 amide bonds. The lowest BCUT2D eigenvalue weighted by molar-refractivity contribution is 0.0957. The van der Waals surface area contributed by atoms with Crippen molar-refractivity contribution in [3.63, 3.8) is 0 Å². The first-order chi connectivity index (χ1) is 5.65. The van der Waals surface area contributed by atoms with Gasteiger partial charge in [-0.3, -0.25) is 10.2 Å². The van der Waals surface area contributed by atoms with Crippen molar-refractivity contribution in [2.45, 2.75) is 19.8 Å². The van der Waals surface area contributed by atoms with E-state index in [1.54, 1.807) is 6.20 Å². The minimum atomic E-state index is -0.278. The first kappa shape index (κ1) is 12.3. The fraction of sp³-hybridized carbons (Fsp3) is 0.429. The summed E-state index contributed by atoms with van der Waals surface area (Å²) in [7, 11) is 0. The predicted octanol–water partition coefficient (Wildman–Crippen LogP) is 1.29. The number of nitrogen functional groups attached to an aromatic ring is 1. The number of carbonyl (C=O) groups excluding carboxylic acids is 1. The van der Waals surface area contributed by atoms with Crippen molar-refractivity contribution >= 4 is 29.7 Å². The van der Waals surface area contributed by atoms with Gasteiger partial charge in [0.2, 0.25) is 0 Å². The third-order valence-corrected chi connectivity index (χ3v) is 2.67. The maximum absolute atomic E-state index is 11.0. The summed E-state index contributed by atoms with van der Waals surface area (Å²) in [5, 5.41) is 0.952. The van der Waals surface area contributed by atoms with Crippen LogP contribution in [0.1, 0.15) is 34.4 Å². The van der Waals surface area contributed by atoms with Crippen molar-refractivity contribution in [2.24, 2.45) is 5.84 Å². The molecule has 1 heterocycles. The molecule has 0 radical (unpaired) electrons. The number of amides is 1. The van der Waals surface area contributed by atoms with E-state index in [-0.39, 0.29) is 18.3 Å². The monoisotopic (exact) mass is 221 g/mol. The number of hydrazine groups is 1. The quantitative estimate of drug-likeness (QED) is 0.449. The van der Waals surface area contributed by atoms with Gasteiger partial charge in [-0.05, 0) is 0 Å². The molecule has 0 spiro atoms. The zero-order valence-corrected chi connectivity index (χ0v) is 9.04. The highest BCUT2D eigenvalue weighted by atomic mass is 35.5. The van der Waals surface area contributed by atoms with Gasteiger partial charge < -0.3 is 0 Å². The van der Waals surface area contributed by atoms with Crippen LogP contribution in [-0.2, 0) is 0 Å². The van der Waals surface area contributed by atoms with Crippen LogP contribution in [0.15, 0.2) is 6.20 Å². The lowest BCUT2D eigenvalue weighted by atomic mass is 10.2. The number of nitrogens with zero attached hydrogens (tertiary/aromatic N) is 1. The first-order valence-corrected chi connectivity index (χ1v) is 4.43. The maximum atomic E-state index is 11.0. The van der Waals surface area contributed by atoms with Gasteiger partial charge >= 0.3 is 0 Å². The van der Waals surface area contributed by atoms with Gasteiger partial charge in [0.15, 0.2) is 0 Å². The van der Waals surface area contributed by atoms with Gasteiger partial charge in [-0.15, -0.1) is 23.7 Å². The number of carbonyl (C=O) groups is 1. The molecule has 3 N–H and O–H groups in total. The zero-order valence-electron chi connectivity index (χ0n) is 7.40. The molecular formula is C7H12ClN3OS. The molecule has 0 saturated carbocycles. The normalized spacial score (nSPS) is 9.54. The molecule has 4 nitrogen and oxygen atoms in total. The number of aromatic nitrogens is 1. The van der Waals surface area contributed by atoms with E-state index in [1.807, 2.05) is 13.8 Å². The molecule has 13 heavy (non-hydrogen) atoms. The van der Waals surface area contributed by atoms with Gasteiger partial charge in [-0.1, -0.05) is 13.8 Å². The molecule has 0 unspecified atom stereocenters. The van der Waals surface area contributed by atoms with Crippen LogP contribution >= 0.6 is 23.7 Å². The number of rotatable bonds is 2. The second-order valence-electron chi connectivity index (χ2n) is 2.69. The van der Waals surface area contributed by atoms with E-state index in [2.05, 4.69) is 10.4 Å². The lowest BCUT2D eigenvalue weighted by Gasteiger charge is -1.95. The van der Waals surface area contributed by atoms with Crippen LogP contribution in [0.2, 0.25) is 0 Å². The summed E-state index contributed by atoms with van der Waals surface area (Å²) >= 11 is 1.37. The van der Waals surface area contributed by atoms with Crippen LogP contribution in [0.4, 0.5) is 0 Å². The Balaban J connectivity index is 0.00000144. The standard InChI is InChI=1S/C7H11N3OS.ClH/c1-4(2)7-9-3-5(12-7)6(11)10-8;/h3-4H,8H2,1-2H3,(H,10,11);1H. The van der Waals surface area contributed by atoms with Crippen LogP contribution in [0.25, 0.3) is 0 Å². The molecule has 1 aromatic rings. The summed E-state index contributed by atoms with van der Waals surface area (Å²) in [5.74, 6) is 5.05. The molecule has 0 aromatic carbocycles. The Bertz CT molecular complexity index is 287. The molecule has 1 rings (SSSR count). The van der Waals surface area contributed by atoms with Gasteiger partial charge in [-0.25, -0.2) is 10.8 Å². The summed E-state index contributed by atoms with van der Waals surface area (Å²) in [5.41, 5.74) is 2.06. The summed E-state index contributed by atoms with van der Waals surface area (Å²) in [4.78, 5) is 15.6. The van der Waals surface area contributed by atoms with Gasteiger partial charge in [0, 0.05) is 5.92 Å². The van der Waals surface area contributed by atoms with E-state index in [0.717, 1.165) is 5.01 Å². The molecule has 0 bridgehead atoms. The average molecular weight is 222 g/mol. The molecule has 6 heteroatoms. The highest BCUT2D eigenvalue weighted by Gasteiger charge is 2.10. The molecule has 0 atom stereocenters. The van der Waals surface area contributed by atoms with Gasteiger partial charge in [0.25, 0.3) is 5.91 Å². The molecule has 0 aliphatic carbocycles. The van der Waals surface area contributed by atoms with Crippen molar-refractivity contribution in [1.82, 2.24) is 10.4 Å². The minimum Gasteiger partial charge on any atom is -0.289 e. The smallest absolute Gasteiger partial charge is 0.276 e. The highest BCUT2D eigenvalue weighted by Crippen LogP contribution is 2.20. The zero-order chi connectivity index (χ0) is 9.14. The fourth-order valence-corrected chi connectivity index (χ4v) is 1.55. The third kappa shape index (κ3) is 2.95. The van der Waals surface area contributed by atoms with E-state index in [4.69, 9.17) is 5.84 Å². The Labute approximate surface area is 86.9 Å². The van der Waals surface area contributed by atoms with Crippen molar-refractivity contribution in [2.75, 3.05) is 0 Å². The Hall–Kier alpha value is -0.650. The molecule has 0 aliphatic heterocycles. The van der Waals surface area contributed by atoms with Crippen LogP contribution in [0.5, 0.6) is 0 Å². The number of hydrogen-bond donors (Lipinski definition) is 2. The van der Waals surface area contributed by atoms with Gasteiger partial charge in [-0.2, -0.15) is 0 Å².